The van der Waals surface area contributed by atoms with E-state index in [2.05, 4.69) is 48.1 Å². The average molecular weight is 775 g/mol. The zero-order chi connectivity index (χ0) is 41.4. The Bertz CT molecular complexity index is 2430. The summed E-state index contributed by atoms with van der Waals surface area (Å²) in [5, 5.41) is 0. The molecule has 6 aromatic rings. The molecule has 0 aliphatic carbocycles. The van der Waals surface area contributed by atoms with E-state index in [0.29, 0.717) is 12.8 Å². The van der Waals surface area contributed by atoms with E-state index in [9.17, 15) is 19.2 Å². The maximum Gasteiger partial charge on any atom is 0.253 e. The number of aryl methyl sites for hydroxylation is 8. The zero-order valence-electron chi connectivity index (χ0n) is 34.5. The first-order valence-corrected chi connectivity index (χ1v) is 19.8. The van der Waals surface area contributed by atoms with E-state index >= 15 is 0 Å². The van der Waals surface area contributed by atoms with Crippen molar-refractivity contribution >= 4 is 23.2 Å². The number of fused-ring (bicyclic) bond motifs is 2. The predicted octanol–water partition coefficient (Wildman–Crippen LogP) is 8.21. The summed E-state index contributed by atoms with van der Waals surface area (Å²) in [6.45, 7) is 11.8. The van der Waals surface area contributed by atoms with Crippen molar-refractivity contribution in [3.05, 3.63) is 163 Å². The summed E-state index contributed by atoms with van der Waals surface area (Å²) in [5.74, 6) is 0.251. The van der Waals surface area contributed by atoms with Gasteiger partial charge >= 0.3 is 0 Å². The van der Waals surface area contributed by atoms with Crippen LogP contribution in [0.1, 0.15) is 83.5 Å². The molecule has 0 spiro atoms. The topological polar surface area (TPSA) is 110 Å². The lowest BCUT2D eigenvalue weighted by atomic mass is 9.91. The quantitative estimate of drug-likeness (QED) is 0.169. The average Bonchev–Trinajstić information content (AvgIpc) is 3.21. The second-order valence-electron chi connectivity index (χ2n) is 15.6. The second kappa shape index (κ2) is 16.2. The summed E-state index contributed by atoms with van der Waals surface area (Å²) < 4.78 is 3.26. The van der Waals surface area contributed by atoms with Crippen molar-refractivity contribution in [1.82, 2.24) is 19.1 Å². The van der Waals surface area contributed by atoms with Gasteiger partial charge in [-0.25, -0.2) is 0 Å². The van der Waals surface area contributed by atoms with E-state index in [1.54, 1.807) is 35.6 Å². The number of carbonyl (C=O) groups excluding carboxylic acids is 2. The van der Waals surface area contributed by atoms with Gasteiger partial charge in [0.05, 0.1) is 23.5 Å². The molecular formula is C48H50N6O4. The number of anilines is 2. The highest BCUT2D eigenvalue weighted by Crippen LogP contribution is 2.40. The van der Waals surface area contributed by atoms with Crippen LogP contribution in [0.2, 0.25) is 0 Å². The number of nitrogens with zero attached hydrogens (tertiary/aromatic N) is 6. The van der Waals surface area contributed by atoms with Gasteiger partial charge in [-0.15, -0.1) is 0 Å². The molecule has 0 bridgehead atoms. The molecule has 2 aliphatic heterocycles. The highest BCUT2D eigenvalue weighted by atomic mass is 16.2. The van der Waals surface area contributed by atoms with Crippen LogP contribution in [0.4, 0.5) is 11.4 Å². The molecule has 2 aliphatic rings. The van der Waals surface area contributed by atoms with Crippen LogP contribution < -0.4 is 20.9 Å². The highest BCUT2D eigenvalue weighted by molar-refractivity contribution is 5.98. The molecule has 0 saturated carbocycles. The molecule has 0 radical (unpaired) electrons. The molecular weight excluding hydrogens is 725 g/mol. The number of rotatable bonds is 6. The maximum atomic E-state index is 12.8. The van der Waals surface area contributed by atoms with E-state index in [1.807, 2.05) is 98.4 Å². The van der Waals surface area contributed by atoms with E-state index in [-0.39, 0.29) is 35.0 Å². The Balaban J connectivity index is 0.000000177. The third-order valence-corrected chi connectivity index (χ3v) is 11.5. The minimum Gasteiger partial charge on any atom is -0.318 e. The number of carbonyl (C=O) groups is 2. The van der Waals surface area contributed by atoms with Gasteiger partial charge < -0.3 is 18.9 Å². The summed E-state index contributed by atoms with van der Waals surface area (Å²) in [4.78, 5) is 62.5. The normalized spacial score (nSPS) is 14.6. The van der Waals surface area contributed by atoms with Crippen LogP contribution in [0, 0.1) is 27.7 Å². The molecule has 2 amide bonds. The molecule has 0 saturated heterocycles. The lowest BCUT2D eigenvalue weighted by Gasteiger charge is -2.35. The van der Waals surface area contributed by atoms with Crippen molar-refractivity contribution in [3.8, 4) is 22.3 Å². The summed E-state index contributed by atoms with van der Waals surface area (Å²) in [5.41, 5.74) is 13.9. The third kappa shape index (κ3) is 7.66. The summed E-state index contributed by atoms with van der Waals surface area (Å²) in [6.07, 6.45) is 9.70. The first-order valence-electron chi connectivity index (χ1n) is 19.8. The van der Waals surface area contributed by atoms with Crippen LogP contribution in [0.5, 0.6) is 0 Å². The lowest BCUT2D eigenvalue weighted by Crippen LogP contribution is -2.37. The molecule has 10 nitrogen and oxygen atoms in total. The van der Waals surface area contributed by atoms with Crippen molar-refractivity contribution in [1.29, 1.82) is 0 Å². The van der Waals surface area contributed by atoms with Crippen LogP contribution >= 0.6 is 0 Å². The van der Waals surface area contributed by atoms with E-state index in [1.165, 1.54) is 0 Å². The van der Waals surface area contributed by atoms with Gasteiger partial charge in [0.1, 0.15) is 0 Å². The summed E-state index contributed by atoms with van der Waals surface area (Å²) in [7, 11) is 3.56. The number of pyridine rings is 4. The number of aromatic nitrogens is 4. The van der Waals surface area contributed by atoms with Gasteiger partial charge in [0.15, 0.2) is 0 Å². The monoisotopic (exact) mass is 774 g/mol. The van der Waals surface area contributed by atoms with E-state index < -0.39 is 0 Å². The SMILES string of the molecule is Cc1cc2c(cc1-c1cc(C)c(=O)n(C)c1)CCC(=O)N2C(C)c1ccccn1.Cc1cc2c(cc1-c1cc(C)c(=O)n(C)c1)CCC(=O)N2C(C)c1ccccn1. The van der Waals surface area contributed by atoms with Crippen molar-refractivity contribution < 1.29 is 9.59 Å². The minimum atomic E-state index is -0.132. The standard InChI is InChI=1S/2C24H25N3O2/c2*1-15-12-22-18(13-20(15)19-11-16(2)24(29)26(4)14-19)8-9-23(28)27(22)17(3)21-7-5-6-10-25-21/h2*5-7,10-14,17H,8-9H2,1-4H3. The van der Waals surface area contributed by atoms with Crippen molar-refractivity contribution in [2.75, 3.05) is 9.80 Å². The fraction of sp³-hybridized carbons (Fsp3) is 0.292. The molecule has 0 fully saturated rings. The number of hydrogen-bond acceptors (Lipinski definition) is 6. The van der Waals surface area contributed by atoms with Crippen LogP contribution in [-0.4, -0.2) is 30.9 Å². The van der Waals surface area contributed by atoms with Crippen molar-refractivity contribution in [2.24, 2.45) is 14.1 Å². The third-order valence-electron chi connectivity index (χ3n) is 11.5. The van der Waals surface area contributed by atoms with Gasteiger partial charge in [-0.1, -0.05) is 12.1 Å². The molecule has 0 N–H and O–H groups in total. The van der Waals surface area contributed by atoms with Gasteiger partial charge in [0.2, 0.25) is 11.8 Å². The molecule has 2 unspecified atom stereocenters. The molecule has 6 heterocycles. The van der Waals surface area contributed by atoms with Crippen molar-refractivity contribution in [3.63, 3.8) is 0 Å². The fourth-order valence-corrected chi connectivity index (χ4v) is 8.35. The zero-order valence-corrected chi connectivity index (χ0v) is 34.5. The Hall–Kier alpha value is -6.42. The summed E-state index contributed by atoms with van der Waals surface area (Å²) >= 11 is 0. The fourth-order valence-electron chi connectivity index (χ4n) is 8.35. The Morgan fingerprint density at radius 3 is 1.26 bits per heavy atom. The number of amides is 2. The molecule has 2 atom stereocenters. The molecule has 2 aromatic carbocycles. The van der Waals surface area contributed by atoms with E-state index in [4.69, 9.17) is 0 Å². The maximum absolute atomic E-state index is 12.8. The summed E-state index contributed by atoms with van der Waals surface area (Å²) in [6, 6.07) is 23.8. The number of hydrogen-bond donors (Lipinski definition) is 0. The van der Waals surface area contributed by atoms with Gasteiger partial charge in [0.25, 0.3) is 11.1 Å². The molecule has 8 rings (SSSR count). The van der Waals surface area contributed by atoms with Gasteiger partial charge in [-0.2, -0.15) is 0 Å². The minimum absolute atomic E-state index is 0.0188. The first kappa shape index (κ1) is 39.8. The van der Waals surface area contributed by atoms with Crippen LogP contribution in [-0.2, 0) is 36.5 Å². The van der Waals surface area contributed by atoms with Crippen LogP contribution in [0.15, 0.2) is 107 Å². The molecule has 58 heavy (non-hydrogen) atoms. The van der Waals surface area contributed by atoms with Crippen molar-refractivity contribution in [2.45, 2.75) is 79.3 Å². The Kier molecular flexibility index (Phi) is 11.1. The first-order chi connectivity index (χ1) is 27.7. The van der Waals surface area contributed by atoms with Gasteiger partial charge in [-0.3, -0.25) is 29.1 Å². The van der Waals surface area contributed by atoms with Gasteiger partial charge in [0, 0.05) is 74.2 Å². The largest absolute Gasteiger partial charge is 0.318 e. The Morgan fingerprint density at radius 1 is 0.517 bits per heavy atom. The van der Waals surface area contributed by atoms with Crippen LogP contribution in [0.3, 0.4) is 0 Å². The molecule has 10 heteroatoms. The highest BCUT2D eigenvalue weighted by Gasteiger charge is 2.32. The lowest BCUT2D eigenvalue weighted by molar-refractivity contribution is -0.120. The Morgan fingerprint density at radius 2 is 0.914 bits per heavy atom. The molecule has 4 aromatic heterocycles. The van der Waals surface area contributed by atoms with Crippen LogP contribution in [0.25, 0.3) is 22.3 Å². The smallest absolute Gasteiger partial charge is 0.253 e. The number of benzene rings is 2. The molecule has 296 valence electrons. The Labute approximate surface area is 339 Å². The predicted molar refractivity (Wildman–Crippen MR) is 230 cm³/mol. The van der Waals surface area contributed by atoms with E-state index in [0.717, 1.165) is 91.2 Å². The van der Waals surface area contributed by atoms with Gasteiger partial charge in [-0.05, 0) is 160 Å². The second-order valence-corrected chi connectivity index (χ2v) is 15.6.